The molecule has 0 amide bonds. The summed E-state index contributed by atoms with van der Waals surface area (Å²) in [6, 6.07) is 0. The molecule has 0 unspecified atom stereocenters. The standard InChI is InChI=1S/C15H22O2/c1-10-9-17-12-8-14(2)5-4-6-15(3,16)13(14)7-11(10)12/h9,13,16H,4-8H2,1-3H3/t13-,14-,15-/m1/s1. The lowest BCUT2D eigenvalue weighted by atomic mass is 9.55. The Morgan fingerprint density at radius 1 is 1.35 bits per heavy atom. The third-order valence-electron chi connectivity index (χ3n) is 5.19. The number of hydrogen-bond acceptors (Lipinski definition) is 2. The number of hydrogen-bond donors (Lipinski definition) is 1. The molecule has 94 valence electrons. The lowest BCUT2D eigenvalue weighted by Gasteiger charge is -2.51. The molecular formula is C15H22O2. The maximum Gasteiger partial charge on any atom is 0.107 e. The van der Waals surface area contributed by atoms with Gasteiger partial charge in [0.2, 0.25) is 0 Å². The van der Waals surface area contributed by atoms with Crippen molar-refractivity contribution >= 4 is 0 Å². The molecule has 1 saturated carbocycles. The molecule has 1 N–H and O–H groups in total. The Labute approximate surface area is 103 Å². The highest BCUT2D eigenvalue weighted by Crippen LogP contribution is 2.53. The van der Waals surface area contributed by atoms with Gasteiger partial charge in [-0.05, 0) is 55.6 Å². The molecule has 3 rings (SSSR count). The molecular weight excluding hydrogens is 212 g/mol. The maximum absolute atomic E-state index is 10.7. The van der Waals surface area contributed by atoms with E-state index < -0.39 is 5.60 Å². The summed E-state index contributed by atoms with van der Waals surface area (Å²) >= 11 is 0. The van der Waals surface area contributed by atoms with Crippen LogP contribution in [0.2, 0.25) is 0 Å². The third kappa shape index (κ3) is 1.57. The van der Waals surface area contributed by atoms with Gasteiger partial charge in [0.15, 0.2) is 0 Å². The second kappa shape index (κ2) is 3.38. The normalized spacial score (nSPS) is 40.8. The number of fused-ring (bicyclic) bond motifs is 2. The van der Waals surface area contributed by atoms with Crippen molar-refractivity contribution in [3.63, 3.8) is 0 Å². The predicted octanol–water partition coefficient (Wildman–Crippen LogP) is 3.24. The Morgan fingerprint density at radius 3 is 2.88 bits per heavy atom. The summed E-state index contributed by atoms with van der Waals surface area (Å²) in [5.41, 5.74) is 2.33. The summed E-state index contributed by atoms with van der Waals surface area (Å²) in [4.78, 5) is 0. The van der Waals surface area contributed by atoms with Crippen LogP contribution in [-0.4, -0.2) is 10.7 Å². The van der Waals surface area contributed by atoms with Gasteiger partial charge in [-0.3, -0.25) is 0 Å². The second-order valence-electron chi connectivity index (χ2n) is 6.62. The van der Waals surface area contributed by atoms with Crippen LogP contribution < -0.4 is 0 Å². The van der Waals surface area contributed by atoms with E-state index in [-0.39, 0.29) is 5.41 Å². The van der Waals surface area contributed by atoms with E-state index in [1.165, 1.54) is 23.3 Å². The number of rotatable bonds is 0. The average molecular weight is 234 g/mol. The molecule has 2 aliphatic carbocycles. The minimum Gasteiger partial charge on any atom is -0.469 e. The fraction of sp³-hybridized carbons (Fsp3) is 0.733. The van der Waals surface area contributed by atoms with E-state index in [1.54, 1.807) is 0 Å². The monoisotopic (exact) mass is 234 g/mol. The zero-order chi connectivity index (χ0) is 12.3. The van der Waals surface area contributed by atoms with Gasteiger partial charge in [0.05, 0.1) is 11.9 Å². The van der Waals surface area contributed by atoms with Crippen LogP contribution in [0.4, 0.5) is 0 Å². The lowest BCUT2D eigenvalue weighted by Crippen LogP contribution is -2.52. The van der Waals surface area contributed by atoms with Gasteiger partial charge >= 0.3 is 0 Å². The molecule has 3 atom stereocenters. The van der Waals surface area contributed by atoms with E-state index in [0.717, 1.165) is 25.7 Å². The van der Waals surface area contributed by atoms with Gasteiger partial charge in [-0.2, -0.15) is 0 Å². The van der Waals surface area contributed by atoms with Gasteiger partial charge in [-0.1, -0.05) is 13.3 Å². The topological polar surface area (TPSA) is 33.4 Å². The Hall–Kier alpha value is -0.760. The van der Waals surface area contributed by atoms with Gasteiger partial charge in [-0.25, -0.2) is 0 Å². The fourth-order valence-corrected chi connectivity index (χ4v) is 4.14. The second-order valence-corrected chi connectivity index (χ2v) is 6.62. The Balaban J connectivity index is 2.04. The molecule has 0 radical (unpaired) electrons. The summed E-state index contributed by atoms with van der Waals surface area (Å²) < 4.78 is 5.69. The van der Waals surface area contributed by atoms with Gasteiger partial charge < -0.3 is 9.52 Å². The summed E-state index contributed by atoms with van der Waals surface area (Å²) in [7, 11) is 0. The summed E-state index contributed by atoms with van der Waals surface area (Å²) in [5.74, 6) is 1.55. The molecule has 1 heterocycles. The van der Waals surface area contributed by atoms with E-state index in [2.05, 4.69) is 13.8 Å². The van der Waals surface area contributed by atoms with Crippen LogP contribution in [0.25, 0.3) is 0 Å². The quantitative estimate of drug-likeness (QED) is 0.747. The minimum atomic E-state index is -0.506. The molecule has 1 aromatic rings. The van der Waals surface area contributed by atoms with Crippen molar-refractivity contribution < 1.29 is 9.52 Å². The van der Waals surface area contributed by atoms with E-state index in [4.69, 9.17) is 4.42 Å². The van der Waals surface area contributed by atoms with Crippen molar-refractivity contribution in [1.82, 2.24) is 0 Å². The van der Waals surface area contributed by atoms with Crippen LogP contribution in [0.3, 0.4) is 0 Å². The number of aliphatic hydroxyl groups is 1. The number of aryl methyl sites for hydroxylation is 1. The molecule has 0 aliphatic heterocycles. The fourth-order valence-electron chi connectivity index (χ4n) is 4.14. The molecule has 2 heteroatoms. The van der Waals surface area contributed by atoms with Crippen LogP contribution >= 0.6 is 0 Å². The van der Waals surface area contributed by atoms with Crippen molar-refractivity contribution in [2.24, 2.45) is 11.3 Å². The van der Waals surface area contributed by atoms with E-state index in [9.17, 15) is 5.11 Å². The summed E-state index contributed by atoms with van der Waals surface area (Å²) in [5, 5.41) is 10.7. The SMILES string of the molecule is Cc1coc2c1C[C@@H]1[C@](C)(CCC[C@@]1(C)O)C2. The Kier molecular flexibility index (Phi) is 2.25. The Morgan fingerprint density at radius 2 is 2.12 bits per heavy atom. The van der Waals surface area contributed by atoms with Gasteiger partial charge in [0.1, 0.15) is 5.76 Å². The van der Waals surface area contributed by atoms with Crippen molar-refractivity contribution in [3.05, 3.63) is 23.2 Å². The van der Waals surface area contributed by atoms with E-state index in [0.29, 0.717) is 5.92 Å². The van der Waals surface area contributed by atoms with Crippen molar-refractivity contribution in [2.75, 3.05) is 0 Å². The molecule has 1 fully saturated rings. The molecule has 0 aromatic carbocycles. The van der Waals surface area contributed by atoms with Gasteiger partial charge in [0, 0.05) is 6.42 Å². The average Bonchev–Trinajstić information content (AvgIpc) is 2.56. The minimum absolute atomic E-state index is 0.221. The highest BCUT2D eigenvalue weighted by Gasteiger charge is 2.51. The molecule has 0 spiro atoms. The summed E-state index contributed by atoms with van der Waals surface area (Å²) in [6.07, 6.45) is 7.15. The zero-order valence-electron chi connectivity index (χ0n) is 11.0. The molecule has 0 bridgehead atoms. The summed E-state index contributed by atoms with van der Waals surface area (Å²) in [6.45, 7) is 6.46. The first-order valence-electron chi connectivity index (χ1n) is 6.71. The zero-order valence-corrected chi connectivity index (χ0v) is 11.0. The highest BCUT2D eigenvalue weighted by molar-refractivity contribution is 5.32. The third-order valence-corrected chi connectivity index (χ3v) is 5.19. The van der Waals surface area contributed by atoms with Crippen LogP contribution in [0.1, 0.15) is 50.0 Å². The lowest BCUT2D eigenvalue weighted by molar-refractivity contribution is -0.101. The first-order chi connectivity index (χ1) is 7.92. The van der Waals surface area contributed by atoms with Crippen molar-refractivity contribution in [3.8, 4) is 0 Å². The van der Waals surface area contributed by atoms with Crippen molar-refractivity contribution in [2.45, 2.75) is 58.5 Å². The number of furan rings is 1. The molecule has 2 nitrogen and oxygen atoms in total. The molecule has 0 saturated heterocycles. The first-order valence-corrected chi connectivity index (χ1v) is 6.71. The molecule has 2 aliphatic rings. The van der Waals surface area contributed by atoms with E-state index >= 15 is 0 Å². The van der Waals surface area contributed by atoms with Crippen molar-refractivity contribution in [1.29, 1.82) is 0 Å². The van der Waals surface area contributed by atoms with Gasteiger partial charge in [0.25, 0.3) is 0 Å². The molecule has 17 heavy (non-hydrogen) atoms. The first kappa shape index (κ1) is 11.3. The predicted molar refractivity (Wildman–Crippen MR) is 66.9 cm³/mol. The maximum atomic E-state index is 10.7. The van der Waals surface area contributed by atoms with Crippen LogP contribution in [0, 0.1) is 18.3 Å². The smallest absolute Gasteiger partial charge is 0.107 e. The molecule has 1 aromatic heterocycles. The Bertz CT molecular complexity index is 444. The largest absolute Gasteiger partial charge is 0.469 e. The van der Waals surface area contributed by atoms with Gasteiger partial charge in [-0.15, -0.1) is 0 Å². The van der Waals surface area contributed by atoms with Crippen LogP contribution in [0.15, 0.2) is 10.7 Å². The highest BCUT2D eigenvalue weighted by atomic mass is 16.3. The van der Waals surface area contributed by atoms with Crippen LogP contribution in [-0.2, 0) is 12.8 Å². The van der Waals surface area contributed by atoms with E-state index in [1.807, 2.05) is 13.2 Å². The van der Waals surface area contributed by atoms with Crippen LogP contribution in [0.5, 0.6) is 0 Å².